The molecule has 0 saturated carbocycles. The van der Waals surface area contributed by atoms with Crippen molar-refractivity contribution in [2.45, 2.75) is 52.5 Å². The summed E-state index contributed by atoms with van der Waals surface area (Å²) in [6.45, 7) is 4.83. The summed E-state index contributed by atoms with van der Waals surface area (Å²) in [4.78, 5) is 24.0. The summed E-state index contributed by atoms with van der Waals surface area (Å²) >= 11 is 0. The first-order valence-electron chi connectivity index (χ1n) is 12.8. The first-order valence-corrected chi connectivity index (χ1v) is 12.8. The molecule has 2 unspecified atom stereocenters. The van der Waals surface area contributed by atoms with E-state index in [4.69, 9.17) is 37.4 Å². The molecule has 0 bridgehead atoms. The first kappa shape index (κ1) is 34.4. The van der Waals surface area contributed by atoms with Gasteiger partial charge in [0, 0.05) is 14.6 Å². The molecule has 0 spiro atoms. The number of ether oxygens (including phenoxy) is 2. The number of halogens is 1. The Hall–Kier alpha value is -3.85. The van der Waals surface area contributed by atoms with Crippen LogP contribution in [-0.2, 0) is 35.9 Å². The number of ketones is 2. The maximum absolute atomic E-state index is 12.2. The molecule has 0 fully saturated rings. The first-order chi connectivity index (χ1) is 20.3. The van der Waals surface area contributed by atoms with Gasteiger partial charge in [-0.25, -0.2) is 0 Å². The number of furan rings is 4. The molecule has 0 aliphatic heterocycles. The Labute approximate surface area is 242 Å². The largest absolute Gasteiger partial charge is 0.460 e. The summed E-state index contributed by atoms with van der Waals surface area (Å²) in [7, 11) is 0.500. The maximum atomic E-state index is 12.2. The van der Waals surface area contributed by atoms with Gasteiger partial charge in [0.1, 0.15) is 61.0 Å². The Balaban J connectivity index is 0.000000404. The van der Waals surface area contributed by atoms with Crippen molar-refractivity contribution in [3.8, 4) is 0 Å². The van der Waals surface area contributed by atoms with Crippen LogP contribution in [0.3, 0.4) is 0 Å². The van der Waals surface area contributed by atoms with Crippen molar-refractivity contribution in [2.75, 3.05) is 20.4 Å². The highest BCUT2D eigenvalue weighted by molar-refractivity contribution is 5.97. The Morgan fingerprint density at radius 1 is 0.667 bits per heavy atom. The molecule has 0 amide bonds. The second-order valence-corrected chi connectivity index (χ2v) is 8.26. The quantitative estimate of drug-likeness (QED) is 0.150. The minimum absolute atomic E-state index is 0. The smallest absolute Gasteiger partial charge is 0.234 e. The van der Waals surface area contributed by atoms with E-state index in [0.717, 1.165) is 0 Å². The highest BCUT2D eigenvalue weighted by atomic mass is 19.1. The van der Waals surface area contributed by atoms with Gasteiger partial charge >= 0.3 is 0 Å². The van der Waals surface area contributed by atoms with Crippen LogP contribution in [0.2, 0.25) is 0 Å². The standard InChI is InChI=1S/C16H20O6.C12H12O6.CH3F.H2/c1-3-19-9-11-5-7-13(21-11)15(17)16(18)14-8-6-12(22-14)10-20-4-2;13-5-7-1-3-9(17-7)11(15)12(16)10-4-2-8(6-14)18-10;1-2;/h5-8,15,17H,3-4,9-10H2,1-2H3;1-4,11,13-15H,5-6H2;1H3;1H/i;;;1+1. The fraction of sp³-hybridized carbons (Fsp3) is 0.379. The second kappa shape index (κ2) is 17.9. The van der Waals surface area contributed by atoms with Crippen molar-refractivity contribution >= 4 is 11.6 Å². The number of rotatable bonds is 14. The summed E-state index contributed by atoms with van der Waals surface area (Å²) in [5.41, 5.74) is 0. The minimum Gasteiger partial charge on any atom is -0.460 e. The lowest BCUT2D eigenvalue weighted by atomic mass is 10.1. The Morgan fingerprint density at radius 2 is 1.02 bits per heavy atom. The van der Waals surface area contributed by atoms with E-state index >= 15 is 0 Å². The van der Waals surface area contributed by atoms with Crippen LogP contribution in [0.4, 0.5) is 4.39 Å². The van der Waals surface area contributed by atoms with Crippen LogP contribution in [0.15, 0.2) is 66.2 Å². The van der Waals surface area contributed by atoms with Crippen LogP contribution < -0.4 is 0 Å². The zero-order valence-corrected chi connectivity index (χ0v) is 23.4. The number of aliphatic hydroxyl groups excluding tert-OH is 4. The number of carbonyl (C=O) groups excluding carboxylic acids is 2. The molecule has 4 heterocycles. The van der Waals surface area contributed by atoms with Gasteiger partial charge in [0.25, 0.3) is 0 Å². The lowest BCUT2D eigenvalue weighted by Gasteiger charge is -2.05. The van der Waals surface area contributed by atoms with Gasteiger partial charge in [-0.1, -0.05) is 0 Å². The van der Waals surface area contributed by atoms with Gasteiger partial charge in [-0.05, 0) is 62.4 Å². The molecular formula is C29H37FO12. The lowest BCUT2D eigenvalue weighted by Crippen LogP contribution is -2.10. The summed E-state index contributed by atoms with van der Waals surface area (Å²) in [6.07, 6.45) is -2.90. The summed E-state index contributed by atoms with van der Waals surface area (Å²) in [5.74, 6) is 0.572. The Bertz CT molecular complexity index is 1350. The highest BCUT2D eigenvalue weighted by Crippen LogP contribution is 2.24. The van der Waals surface area contributed by atoms with Crippen LogP contribution in [0, 0.1) is 0 Å². The van der Waals surface area contributed by atoms with E-state index < -0.39 is 23.8 Å². The molecule has 42 heavy (non-hydrogen) atoms. The van der Waals surface area contributed by atoms with Gasteiger partial charge in [0.2, 0.25) is 11.6 Å². The topological polar surface area (TPSA) is 186 Å². The molecule has 0 aromatic carbocycles. The number of hydrogen-bond donors (Lipinski definition) is 4. The van der Waals surface area contributed by atoms with Crippen LogP contribution >= 0.6 is 0 Å². The molecule has 0 aliphatic rings. The van der Waals surface area contributed by atoms with E-state index in [1.807, 2.05) is 13.8 Å². The monoisotopic (exact) mass is 597 g/mol. The van der Waals surface area contributed by atoms with E-state index in [-0.39, 0.29) is 49.2 Å². The van der Waals surface area contributed by atoms with Gasteiger partial charge in [0.15, 0.2) is 23.7 Å². The number of Topliss-reactive ketones (excluding diaryl/α,β-unsaturated/α-hetero) is 2. The van der Waals surface area contributed by atoms with E-state index in [1.54, 1.807) is 18.2 Å². The van der Waals surface area contributed by atoms with Gasteiger partial charge in [-0.2, -0.15) is 0 Å². The van der Waals surface area contributed by atoms with Gasteiger partial charge in [-0.15, -0.1) is 0 Å². The second-order valence-electron chi connectivity index (χ2n) is 8.26. The molecule has 13 heteroatoms. The van der Waals surface area contributed by atoms with Crippen LogP contribution in [0.1, 0.15) is 83.2 Å². The summed E-state index contributed by atoms with van der Waals surface area (Å²) < 4.78 is 40.7. The molecule has 0 saturated heterocycles. The summed E-state index contributed by atoms with van der Waals surface area (Å²) in [6, 6.07) is 12.1. The third-order valence-electron chi connectivity index (χ3n) is 5.42. The zero-order valence-electron chi connectivity index (χ0n) is 23.4. The molecule has 4 rings (SSSR count). The van der Waals surface area contributed by atoms with Gasteiger partial charge in [0.05, 0.1) is 7.18 Å². The third kappa shape index (κ3) is 9.62. The lowest BCUT2D eigenvalue weighted by molar-refractivity contribution is 0.0644. The minimum atomic E-state index is -1.50. The fourth-order valence-electron chi connectivity index (χ4n) is 3.36. The number of alkyl halides is 1. The highest BCUT2D eigenvalue weighted by Gasteiger charge is 2.26. The van der Waals surface area contributed by atoms with E-state index in [2.05, 4.69) is 0 Å². The molecule has 12 nitrogen and oxygen atoms in total. The van der Waals surface area contributed by atoms with E-state index in [9.17, 15) is 24.2 Å². The maximum Gasteiger partial charge on any atom is 0.234 e. The van der Waals surface area contributed by atoms with Crippen LogP contribution in [0.5, 0.6) is 0 Å². The predicted octanol–water partition coefficient (Wildman–Crippen LogP) is 4.47. The van der Waals surface area contributed by atoms with Crippen molar-refractivity contribution in [2.24, 2.45) is 0 Å². The van der Waals surface area contributed by atoms with Crippen LogP contribution in [0.25, 0.3) is 0 Å². The normalized spacial score (nSPS) is 12.1. The van der Waals surface area contributed by atoms with Crippen molar-refractivity contribution < 1.29 is 63.0 Å². The Kier molecular flexibility index (Phi) is 14.6. The van der Waals surface area contributed by atoms with E-state index in [0.29, 0.717) is 45.1 Å². The SMILES string of the molecule is CCOCc1ccc(C(=O)C(O)c2ccc(COCC)o2)o1.CF.O=C(c1ccc(CO)o1)C(O)c1ccc(CO)o1.[2HH]. The molecule has 0 radical (unpaired) electrons. The fourth-order valence-corrected chi connectivity index (χ4v) is 3.36. The van der Waals surface area contributed by atoms with Crippen molar-refractivity contribution in [3.05, 3.63) is 94.6 Å². The molecule has 4 aromatic rings. The van der Waals surface area contributed by atoms with Crippen molar-refractivity contribution in [1.29, 1.82) is 0 Å². The molecule has 2 atom stereocenters. The zero-order chi connectivity index (χ0) is 31.1. The van der Waals surface area contributed by atoms with Gasteiger partial charge < -0.3 is 47.6 Å². The Morgan fingerprint density at radius 3 is 1.45 bits per heavy atom. The molecule has 4 aromatic heterocycles. The number of aliphatic hydroxyl groups is 4. The molecule has 0 aliphatic carbocycles. The summed E-state index contributed by atoms with van der Waals surface area (Å²) in [5, 5.41) is 37.5. The predicted molar refractivity (Wildman–Crippen MR) is 145 cm³/mol. The number of hydrogen-bond acceptors (Lipinski definition) is 12. The van der Waals surface area contributed by atoms with Gasteiger partial charge in [-0.3, -0.25) is 14.0 Å². The third-order valence-corrected chi connectivity index (χ3v) is 5.42. The average Bonchev–Trinajstić information content (AvgIpc) is 3.85. The van der Waals surface area contributed by atoms with Crippen LogP contribution in [-0.4, -0.2) is 52.4 Å². The van der Waals surface area contributed by atoms with Crippen molar-refractivity contribution in [3.63, 3.8) is 0 Å². The molecular weight excluding hydrogens is 559 g/mol. The van der Waals surface area contributed by atoms with Crippen molar-refractivity contribution in [1.82, 2.24) is 0 Å². The molecule has 4 N–H and O–H groups in total. The van der Waals surface area contributed by atoms with E-state index in [1.165, 1.54) is 30.3 Å². The number of carbonyl (C=O) groups is 2. The average molecular weight is 598 g/mol. The molecule has 232 valence electrons.